The highest BCUT2D eigenvalue weighted by atomic mass is 32.2. The molecule has 4 heterocycles. The van der Waals surface area contributed by atoms with Gasteiger partial charge in [-0.2, -0.15) is 0 Å². The largest absolute Gasteiger partial charge is 0.497 e. The summed E-state index contributed by atoms with van der Waals surface area (Å²) in [5, 5.41) is 0. The lowest BCUT2D eigenvalue weighted by molar-refractivity contribution is -0.0925. The maximum atomic E-state index is 13.5. The van der Waals surface area contributed by atoms with Gasteiger partial charge in [-0.1, -0.05) is 72.8 Å². The molecule has 0 unspecified atom stereocenters. The molecule has 15 heteroatoms. The minimum Gasteiger partial charge on any atom is -0.497 e. The molecule has 3 saturated heterocycles. The van der Waals surface area contributed by atoms with Crippen LogP contribution in [0.4, 0.5) is 0 Å². The minimum absolute atomic E-state index is 0.0367. The summed E-state index contributed by atoms with van der Waals surface area (Å²) < 4.78 is 68.5. The van der Waals surface area contributed by atoms with Crippen LogP contribution in [0.25, 0.3) is 0 Å². The molecule has 4 aromatic carbocycles. The summed E-state index contributed by atoms with van der Waals surface area (Å²) in [5.41, 5.74) is 0.616. The van der Waals surface area contributed by atoms with Gasteiger partial charge < -0.3 is 33.0 Å². The third-order valence-electron chi connectivity index (χ3n) is 11.1. The Balaban J connectivity index is 1.15. The molecule has 0 radical (unpaired) electrons. The van der Waals surface area contributed by atoms with E-state index in [4.69, 9.17) is 28.0 Å². The number of methoxy groups -OCH3 is 2. The minimum atomic E-state index is -3.65. The van der Waals surface area contributed by atoms with Crippen LogP contribution < -0.4 is 20.7 Å². The summed E-state index contributed by atoms with van der Waals surface area (Å²) in [7, 11) is -2.16. The molecule has 3 aliphatic rings. The molecule has 58 heavy (non-hydrogen) atoms. The molecule has 0 aliphatic carbocycles. The SMILES string of the molecule is COc1ccc(C(OC[C@H]2O[C@@H](n3c(=O)cc(C)[nH]c3=O)C[C@@H]2O[P@@]2O[C@H](CS(=O)(=O)c3ccccc3)[C@@H]3CCCN32)(c2ccccc2)c2ccc(OC)cc2)cc1. The molecule has 13 nitrogen and oxygen atoms in total. The number of rotatable bonds is 14. The van der Waals surface area contributed by atoms with E-state index >= 15 is 0 Å². The van der Waals surface area contributed by atoms with Crippen LogP contribution in [0.1, 0.15) is 47.9 Å². The molecule has 5 aromatic rings. The van der Waals surface area contributed by atoms with Gasteiger partial charge in [0.1, 0.15) is 29.4 Å². The molecule has 3 fully saturated rings. The number of hydrogen-bond acceptors (Lipinski definition) is 11. The number of fused-ring (bicyclic) bond motifs is 1. The molecule has 3 aliphatic heterocycles. The van der Waals surface area contributed by atoms with E-state index in [0.29, 0.717) is 23.7 Å². The highest BCUT2D eigenvalue weighted by Gasteiger charge is 2.51. The molecule has 1 aromatic heterocycles. The van der Waals surface area contributed by atoms with Crippen LogP contribution >= 0.6 is 8.53 Å². The third-order valence-corrected chi connectivity index (χ3v) is 14.6. The maximum absolute atomic E-state index is 13.5. The lowest BCUT2D eigenvalue weighted by Gasteiger charge is -2.37. The van der Waals surface area contributed by atoms with Gasteiger partial charge in [0.15, 0.2) is 9.84 Å². The van der Waals surface area contributed by atoms with E-state index in [9.17, 15) is 18.0 Å². The van der Waals surface area contributed by atoms with Gasteiger partial charge in [-0.25, -0.2) is 22.4 Å². The lowest BCUT2D eigenvalue weighted by Crippen LogP contribution is -2.39. The number of aryl methyl sites for hydroxylation is 1. The van der Waals surface area contributed by atoms with Crippen molar-refractivity contribution in [3.05, 3.63) is 158 Å². The number of aromatic nitrogens is 2. The van der Waals surface area contributed by atoms with Gasteiger partial charge in [0, 0.05) is 30.8 Å². The first-order chi connectivity index (χ1) is 28.1. The Morgan fingerprint density at radius 3 is 2.03 bits per heavy atom. The van der Waals surface area contributed by atoms with E-state index in [1.165, 1.54) is 6.07 Å². The highest BCUT2D eigenvalue weighted by molar-refractivity contribution is 7.91. The molecular weight excluding hydrogens is 782 g/mol. The van der Waals surface area contributed by atoms with Gasteiger partial charge in [-0.15, -0.1) is 0 Å². The summed E-state index contributed by atoms with van der Waals surface area (Å²) in [4.78, 5) is 29.5. The van der Waals surface area contributed by atoms with E-state index in [1.54, 1.807) is 51.5 Å². The Kier molecular flexibility index (Phi) is 11.7. The highest BCUT2D eigenvalue weighted by Crippen LogP contribution is 2.58. The summed E-state index contributed by atoms with van der Waals surface area (Å²) in [5.74, 6) is 1.17. The van der Waals surface area contributed by atoms with Crippen molar-refractivity contribution in [1.29, 1.82) is 0 Å². The van der Waals surface area contributed by atoms with Gasteiger partial charge in [0.25, 0.3) is 14.1 Å². The van der Waals surface area contributed by atoms with E-state index < -0.39 is 59.8 Å². The molecule has 0 saturated carbocycles. The zero-order chi connectivity index (χ0) is 40.4. The van der Waals surface area contributed by atoms with Gasteiger partial charge in [0.05, 0.1) is 43.7 Å². The second kappa shape index (κ2) is 16.9. The molecular formula is C43H46N3O10PS. The standard InChI is InChI=1S/C43H46N3O10PS/c1-29-25-40(47)46(42(48)44-29)41-26-37(55-57-45-24-10-15-36(45)39(56-57)28-58(49,50)35-13-8-5-9-14-35)38(54-41)27-53-43(30-11-6-4-7-12-30,31-16-20-33(51-2)21-17-31)32-18-22-34(52-3)23-19-32/h4-9,11-14,16-23,25,36-39,41H,10,15,24,26-28H2,1-3H3,(H,44,48)/t36-,37-,38+,39+,41+,57-/m0/s1. The van der Waals surface area contributed by atoms with Crippen molar-refractivity contribution < 1.29 is 36.4 Å². The Labute approximate surface area is 338 Å². The van der Waals surface area contributed by atoms with Crippen LogP contribution in [0.15, 0.2) is 130 Å². The van der Waals surface area contributed by atoms with Crippen molar-refractivity contribution in [1.82, 2.24) is 14.2 Å². The molecule has 0 spiro atoms. The molecule has 8 rings (SSSR count). The van der Waals surface area contributed by atoms with Gasteiger partial charge >= 0.3 is 5.69 Å². The Hall–Kier alpha value is -4.66. The molecule has 6 atom stereocenters. The first kappa shape index (κ1) is 40.1. The van der Waals surface area contributed by atoms with Crippen LogP contribution in [0.3, 0.4) is 0 Å². The van der Waals surface area contributed by atoms with Crippen LogP contribution in [0.5, 0.6) is 11.5 Å². The van der Waals surface area contributed by atoms with E-state index in [1.807, 2.05) is 78.9 Å². The van der Waals surface area contributed by atoms with Crippen LogP contribution in [-0.4, -0.2) is 80.1 Å². The summed E-state index contributed by atoms with van der Waals surface area (Å²) in [6.45, 7) is 2.29. The number of ether oxygens (including phenoxy) is 4. The molecule has 0 bridgehead atoms. The number of nitrogens with one attached hydrogen (secondary N) is 1. The normalized spacial score (nSPS) is 23.5. The Bertz CT molecular complexity index is 2340. The summed E-state index contributed by atoms with van der Waals surface area (Å²) >= 11 is 0. The van der Waals surface area contributed by atoms with E-state index in [2.05, 4.69) is 9.65 Å². The fourth-order valence-corrected chi connectivity index (χ4v) is 11.8. The Morgan fingerprint density at radius 1 is 0.828 bits per heavy atom. The first-order valence-electron chi connectivity index (χ1n) is 19.2. The number of sulfone groups is 1. The van der Waals surface area contributed by atoms with Gasteiger partial charge in [-0.3, -0.25) is 4.79 Å². The van der Waals surface area contributed by atoms with Crippen LogP contribution in [0.2, 0.25) is 0 Å². The van der Waals surface area contributed by atoms with Crippen molar-refractivity contribution in [2.45, 2.75) is 67.3 Å². The number of H-pyrrole nitrogens is 1. The third kappa shape index (κ3) is 7.90. The monoisotopic (exact) mass is 827 g/mol. The van der Waals surface area contributed by atoms with Crippen LogP contribution in [-0.2, 0) is 34.0 Å². The Morgan fingerprint density at radius 2 is 1.43 bits per heavy atom. The number of benzene rings is 4. The van der Waals surface area contributed by atoms with Crippen molar-refractivity contribution in [2.24, 2.45) is 0 Å². The topological polar surface area (TPSA) is 148 Å². The maximum Gasteiger partial charge on any atom is 0.330 e. The van der Waals surface area contributed by atoms with E-state index in [-0.39, 0.29) is 29.7 Å². The van der Waals surface area contributed by atoms with Crippen molar-refractivity contribution in [3.8, 4) is 11.5 Å². The van der Waals surface area contributed by atoms with Gasteiger partial charge in [-0.05, 0) is 72.9 Å². The number of hydrogen-bond donors (Lipinski definition) is 1. The molecule has 1 N–H and O–H groups in total. The first-order valence-corrected chi connectivity index (χ1v) is 22.0. The fourth-order valence-electron chi connectivity index (χ4n) is 8.18. The van der Waals surface area contributed by atoms with E-state index in [0.717, 1.165) is 34.1 Å². The fraction of sp³-hybridized carbons (Fsp3) is 0.349. The predicted molar refractivity (Wildman–Crippen MR) is 218 cm³/mol. The quantitative estimate of drug-likeness (QED) is 0.102. The second-order valence-corrected chi connectivity index (χ2v) is 18.1. The zero-order valence-electron chi connectivity index (χ0n) is 32.4. The second-order valence-electron chi connectivity index (χ2n) is 14.6. The number of aromatic amines is 1. The van der Waals surface area contributed by atoms with Crippen molar-refractivity contribution >= 4 is 18.4 Å². The van der Waals surface area contributed by atoms with Crippen LogP contribution in [0, 0.1) is 6.92 Å². The summed E-state index contributed by atoms with van der Waals surface area (Å²) in [6.07, 6.45) is -1.32. The predicted octanol–water partition coefficient (Wildman–Crippen LogP) is 6.11. The lowest BCUT2D eigenvalue weighted by atomic mass is 9.80. The molecule has 0 amide bonds. The van der Waals surface area contributed by atoms with Gasteiger partial charge in [0.2, 0.25) is 0 Å². The number of nitrogens with zero attached hydrogens (tertiary/aromatic N) is 2. The average molecular weight is 828 g/mol. The zero-order valence-corrected chi connectivity index (χ0v) is 34.1. The molecule has 304 valence electrons. The summed E-state index contributed by atoms with van der Waals surface area (Å²) in [6, 6.07) is 34.8. The average Bonchev–Trinajstić information content (AvgIpc) is 3.96. The van der Waals surface area contributed by atoms with Crippen molar-refractivity contribution in [2.75, 3.05) is 33.1 Å². The smallest absolute Gasteiger partial charge is 0.330 e. The van der Waals surface area contributed by atoms with Crippen molar-refractivity contribution in [3.63, 3.8) is 0 Å².